The zero-order valence-electron chi connectivity index (χ0n) is 8.59. The van der Waals surface area contributed by atoms with E-state index in [0.717, 1.165) is 10.8 Å². The van der Waals surface area contributed by atoms with Crippen molar-refractivity contribution in [1.29, 1.82) is 0 Å². The van der Waals surface area contributed by atoms with Gasteiger partial charge in [-0.1, -0.05) is 40.2 Å². The number of hydrogen-bond donors (Lipinski definition) is 0. The van der Waals surface area contributed by atoms with E-state index in [1.807, 2.05) is 24.3 Å². The molecule has 17 heavy (non-hydrogen) atoms. The minimum Gasteiger partial charge on any atom is -0.484 e. The van der Waals surface area contributed by atoms with Crippen molar-refractivity contribution in [2.24, 2.45) is 0 Å². The predicted molar refractivity (Wildman–Crippen MR) is 63.2 cm³/mol. The summed E-state index contributed by atoms with van der Waals surface area (Å²) in [6, 6.07) is 10.5. The summed E-state index contributed by atoms with van der Waals surface area (Å²) < 4.78 is 41.5. The van der Waals surface area contributed by atoms with Gasteiger partial charge < -0.3 is 4.74 Å². The SMILES string of the molecule is FC(F)(F)COc1cc(Br)c2ccccc2c1. The Balaban J connectivity index is 2.31. The lowest BCUT2D eigenvalue weighted by Gasteiger charge is -2.10. The van der Waals surface area contributed by atoms with Crippen LogP contribution in [0, 0.1) is 0 Å². The van der Waals surface area contributed by atoms with E-state index >= 15 is 0 Å². The van der Waals surface area contributed by atoms with E-state index in [9.17, 15) is 13.2 Å². The lowest BCUT2D eigenvalue weighted by molar-refractivity contribution is -0.153. The maximum absolute atomic E-state index is 12.0. The highest BCUT2D eigenvalue weighted by molar-refractivity contribution is 9.10. The van der Waals surface area contributed by atoms with Crippen molar-refractivity contribution in [1.82, 2.24) is 0 Å². The highest BCUT2D eigenvalue weighted by Crippen LogP contribution is 2.30. The van der Waals surface area contributed by atoms with Crippen molar-refractivity contribution in [3.63, 3.8) is 0 Å². The molecule has 1 nitrogen and oxygen atoms in total. The second-order valence-corrected chi connectivity index (χ2v) is 4.38. The smallest absolute Gasteiger partial charge is 0.422 e. The third-order valence-electron chi connectivity index (χ3n) is 2.19. The number of rotatable bonds is 2. The molecule has 5 heteroatoms. The van der Waals surface area contributed by atoms with Crippen LogP contribution >= 0.6 is 15.9 Å². The Morgan fingerprint density at radius 2 is 1.82 bits per heavy atom. The summed E-state index contributed by atoms with van der Waals surface area (Å²) in [7, 11) is 0. The Hall–Kier alpha value is -1.23. The number of benzene rings is 2. The molecular formula is C12H8BrF3O. The molecule has 0 aliphatic heterocycles. The fourth-order valence-corrected chi connectivity index (χ4v) is 2.07. The zero-order chi connectivity index (χ0) is 12.5. The molecule has 0 heterocycles. The van der Waals surface area contributed by atoms with Crippen molar-refractivity contribution < 1.29 is 17.9 Å². The van der Waals surface area contributed by atoms with Crippen LogP contribution in [0.15, 0.2) is 40.9 Å². The minimum absolute atomic E-state index is 0.202. The van der Waals surface area contributed by atoms with Crippen LogP contribution in [0.2, 0.25) is 0 Å². The van der Waals surface area contributed by atoms with E-state index in [4.69, 9.17) is 4.74 Å². The van der Waals surface area contributed by atoms with Crippen LogP contribution in [0.4, 0.5) is 13.2 Å². The molecule has 0 aliphatic carbocycles. The minimum atomic E-state index is -4.32. The summed E-state index contributed by atoms with van der Waals surface area (Å²) in [5.41, 5.74) is 0. The van der Waals surface area contributed by atoms with Crippen LogP contribution in [-0.2, 0) is 0 Å². The highest BCUT2D eigenvalue weighted by atomic mass is 79.9. The lowest BCUT2D eigenvalue weighted by atomic mass is 10.1. The Morgan fingerprint density at radius 1 is 1.12 bits per heavy atom. The van der Waals surface area contributed by atoms with E-state index < -0.39 is 12.8 Å². The standard InChI is InChI=1S/C12H8BrF3O/c13-11-6-9(17-7-12(14,15)16)5-8-3-1-2-4-10(8)11/h1-6H,7H2. The molecule has 0 atom stereocenters. The van der Waals surface area contributed by atoms with Crippen molar-refractivity contribution in [2.45, 2.75) is 6.18 Å². The first-order valence-electron chi connectivity index (χ1n) is 4.83. The molecule has 0 aliphatic rings. The topological polar surface area (TPSA) is 9.23 Å². The highest BCUT2D eigenvalue weighted by Gasteiger charge is 2.28. The molecule has 0 N–H and O–H groups in total. The van der Waals surface area contributed by atoms with Gasteiger partial charge in [0.15, 0.2) is 6.61 Å². The van der Waals surface area contributed by atoms with Gasteiger partial charge in [-0.2, -0.15) is 13.2 Å². The first-order valence-corrected chi connectivity index (χ1v) is 5.63. The Labute approximate surface area is 104 Å². The van der Waals surface area contributed by atoms with E-state index in [1.54, 1.807) is 6.07 Å². The molecule has 0 bridgehead atoms. The van der Waals surface area contributed by atoms with Crippen LogP contribution in [0.3, 0.4) is 0 Å². The molecule has 0 fully saturated rings. The van der Waals surface area contributed by atoms with E-state index in [0.29, 0.717) is 4.47 Å². The van der Waals surface area contributed by atoms with Crippen LogP contribution in [-0.4, -0.2) is 12.8 Å². The van der Waals surface area contributed by atoms with Crippen molar-refractivity contribution in [3.05, 3.63) is 40.9 Å². The first kappa shape index (κ1) is 12.2. The molecule has 0 spiro atoms. The van der Waals surface area contributed by atoms with E-state index in [-0.39, 0.29) is 5.75 Å². The lowest BCUT2D eigenvalue weighted by Crippen LogP contribution is -2.19. The van der Waals surface area contributed by atoms with Gasteiger partial charge in [-0.3, -0.25) is 0 Å². The maximum Gasteiger partial charge on any atom is 0.422 e. The van der Waals surface area contributed by atoms with Crippen molar-refractivity contribution in [2.75, 3.05) is 6.61 Å². The molecule has 2 aromatic carbocycles. The average molecular weight is 305 g/mol. The normalized spacial score (nSPS) is 11.8. The predicted octanol–water partition coefficient (Wildman–Crippen LogP) is 4.54. The molecule has 0 radical (unpaired) electrons. The van der Waals surface area contributed by atoms with E-state index in [1.165, 1.54) is 6.07 Å². The van der Waals surface area contributed by atoms with E-state index in [2.05, 4.69) is 15.9 Å². The zero-order valence-corrected chi connectivity index (χ0v) is 10.2. The Kier molecular flexibility index (Phi) is 3.28. The quantitative estimate of drug-likeness (QED) is 0.791. The summed E-state index contributed by atoms with van der Waals surface area (Å²) in [4.78, 5) is 0. The van der Waals surface area contributed by atoms with Gasteiger partial charge in [0.05, 0.1) is 0 Å². The van der Waals surface area contributed by atoms with Crippen LogP contribution in [0.1, 0.15) is 0 Å². The Morgan fingerprint density at radius 3 is 2.53 bits per heavy atom. The molecule has 90 valence electrons. The summed E-state index contributed by atoms with van der Waals surface area (Å²) in [6.45, 7) is -1.28. The number of hydrogen-bond acceptors (Lipinski definition) is 1. The molecule has 0 saturated carbocycles. The van der Waals surface area contributed by atoms with Gasteiger partial charge in [0.25, 0.3) is 0 Å². The van der Waals surface area contributed by atoms with Crippen LogP contribution < -0.4 is 4.74 Å². The third-order valence-corrected chi connectivity index (χ3v) is 2.84. The second kappa shape index (κ2) is 4.56. The molecule has 0 aromatic heterocycles. The number of alkyl halides is 3. The molecular weight excluding hydrogens is 297 g/mol. The van der Waals surface area contributed by atoms with Gasteiger partial charge in [0.1, 0.15) is 5.75 Å². The number of fused-ring (bicyclic) bond motifs is 1. The average Bonchev–Trinajstić information content (AvgIpc) is 2.26. The second-order valence-electron chi connectivity index (χ2n) is 3.53. The third kappa shape index (κ3) is 3.12. The van der Waals surface area contributed by atoms with Gasteiger partial charge in [-0.05, 0) is 22.9 Å². The number of ether oxygens (including phenoxy) is 1. The number of halogens is 4. The fraction of sp³-hybridized carbons (Fsp3) is 0.167. The molecule has 0 amide bonds. The van der Waals surface area contributed by atoms with Gasteiger partial charge >= 0.3 is 6.18 Å². The summed E-state index contributed by atoms with van der Waals surface area (Å²) in [6.07, 6.45) is -4.32. The fourth-order valence-electron chi connectivity index (χ4n) is 1.49. The van der Waals surface area contributed by atoms with Gasteiger partial charge in [-0.25, -0.2) is 0 Å². The van der Waals surface area contributed by atoms with Gasteiger partial charge in [0.2, 0.25) is 0 Å². The first-order chi connectivity index (χ1) is 7.96. The van der Waals surface area contributed by atoms with Crippen molar-refractivity contribution >= 4 is 26.7 Å². The molecule has 2 rings (SSSR count). The summed E-state index contributed by atoms with van der Waals surface area (Å²) >= 11 is 3.31. The van der Waals surface area contributed by atoms with Gasteiger partial charge in [0, 0.05) is 4.47 Å². The molecule has 0 saturated heterocycles. The Bertz CT molecular complexity index is 537. The monoisotopic (exact) mass is 304 g/mol. The summed E-state index contributed by atoms with van der Waals surface area (Å²) in [5, 5.41) is 1.77. The largest absolute Gasteiger partial charge is 0.484 e. The molecule has 0 unspecified atom stereocenters. The summed E-state index contributed by atoms with van der Waals surface area (Å²) in [5.74, 6) is 0.202. The van der Waals surface area contributed by atoms with Crippen LogP contribution in [0.5, 0.6) is 5.75 Å². The van der Waals surface area contributed by atoms with Gasteiger partial charge in [-0.15, -0.1) is 0 Å². The maximum atomic E-state index is 12.0. The van der Waals surface area contributed by atoms with Crippen LogP contribution in [0.25, 0.3) is 10.8 Å². The molecule has 2 aromatic rings. The van der Waals surface area contributed by atoms with Crippen molar-refractivity contribution in [3.8, 4) is 5.75 Å².